The van der Waals surface area contributed by atoms with E-state index in [4.69, 9.17) is 15.2 Å². The first kappa shape index (κ1) is 15.1. The number of carbonyl (C=O) groups is 1. The summed E-state index contributed by atoms with van der Waals surface area (Å²) in [5.74, 6) is 0.989. The largest absolute Gasteiger partial charge is 0.493 e. The van der Waals surface area contributed by atoms with E-state index >= 15 is 0 Å². The third-order valence-corrected chi connectivity index (χ3v) is 3.30. The third-order valence-electron chi connectivity index (χ3n) is 3.30. The SMILES string of the molecule is CCC(C)(C)C(=O)Nc1cc(OC)c(OC)cc1N. The van der Waals surface area contributed by atoms with Crippen LogP contribution in [0.3, 0.4) is 0 Å². The highest BCUT2D eigenvalue weighted by Crippen LogP contribution is 2.35. The van der Waals surface area contributed by atoms with Crippen molar-refractivity contribution in [2.24, 2.45) is 5.41 Å². The lowest BCUT2D eigenvalue weighted by atomic mass is 9.89. The first-order valence-electron chi connectivity index (χ1n) is 6.18. The summed E-state index contributed by atoms with van der Waals surface area (Å²) < 4.78 is 10.3. The number of anilines is 2. The van der Waals surface area contributed by atoms with Crippen LogP contribution < -0.4 is 20.5 Å². The van der Waals surface area contributed by atoms with Gasteiger partial charge < -0.3 is 20.5 Å². The van der Waals surface area contributed by atoms with Gasteiger partial charge in [0.25, 0.3) is 0 Å². The second kappa shape index (κ2) is 5.82. The number of amides is 1. The summed E-state index contributed by atoms with van der Waals surface area (Å²) in [6, 6.07) is 3.30. The molecule has 0 aliphatic heterocycles. The molecule has 0 aliphatic rings. The van der Waals surface area contributed by atoms with Crippen LogP contribution in [0.1, 0.15) is 27.2 Å². The molecular weight excluding hydrogens is 244 g/mol. The standard InChI is InChI=1S/C14H22N2O3/c1-6-14(2,3)13(17)16-10-8-12(19-5)11(18-4)7-9(10)15/h7-8H,6,15H2,1-5H3,(H,16,17). The molecular formula is C14H22N2O3. The van der Waals surface area contributed by atoms with E-state index < -0.39 is 5.41 Å². The van der Waals surface area contributed by atoms with E-state index in [9.17, 15) is 4.79 Å². The number of nitrogen functional groups attached to an aromatic ring is 1. The highest BCUT2D eigenvalue weighted by molar-refractivity contribution is 5.97. The van der Waals surface area contributed by atoms with Crippen LogP contribution >= 0.6 is 0 Å². The first-order valence-corrected chi connectivity index (χ1v) is 6.18. The van der Waals surface area contributed by atoms with Gasteiger partial charge in [-0.1, -0.05) is 20.8 Å². The minimum atomic E-state index is -0.445. The zero-order chi connectivity index (χ0) is 14.6. The van der Waals surface area contributed by atoms with E-state index in [0.29, 0.717) is 22.9 Å². The van der Waals surface area contributed by atoms with E-state index in [1.165, 1.54) is 14.2 Å². The second-order valence-corrected chi connectivity index (χ2v) is 4.99. The Balaban J connectivity index is 3.05. The Kier molecular flexibility index (Phi) is 4.64. The summed E-state index contributed by atoms with van der Waals surface area (Å²) in [7, 11) is 3.07. The van der Waals surface area contributed by atoms with Gasteiger partial charge in [-0.25, -0.2) is 0 Å². The summed E-state index contributed by atoms with van der Waals surface area (Å²) in [4.78, 5) is 12.1. The van der Waals surface area contributed by atoms with E-state index in [1.54, 1.807) is 12.1 Å². The molecule has 5 nitrogen and oxygen atoms in total. The Bertz CT molecular complexity index is 470. The Hall–Kier alpha value is -1.91. The molecule has 0 fully saturated rings. The molecule has 0 bridgehead atoms. The van der Waals surface area contributed by atoms with Crippen molar-refractivity contribution in [3.05, 3.63) is 12.1 Å². The molecule has 1 aromatic rings. The monoisotopic (exact) mass is 266 g/mol. The Morgan fingerprint density at radius 2 is 1.79 bits per heavy atom. The summed E-state index contributed by atoms with van der Waals surface area (Å²) >= 11 is 0. The molecule has 1 aromatic carbocycles. The van der Waals surface area contributed by atoms with Gasteiger partial charge >= 0.3 is 0 Å². The first-order chi connectivity index (χ1) is 8.85. The van der Waals surface area contributed by atoms with Crippen molar-refractivity contribution in [2.75, 3.05) is 25.3 Å². The molecule has 106 valence electrons. The lowest BCUT2D eigenvalue weighted by Gasteiger charge is -2.22. The molecule has 0 saturated heterocycles. The van der Waals surface area contributed by atoms with Gasteiger partial charge in [-0.15, -0.1) is 0 Å². The molecule has 0 atom stereocenters. The maximum Gasteiger partial charge on any atom is 0.230 e. The van der Waals surface area contributed by atoms with Crippen molar-refractivity contribution in [2.45, 2.75) is 27.2 Å². The highest BCUT2D eigenvalue weighted by atomic mass is 16.5. The number of carbonyl (C=O) groups excluding carboxylic acids is 1. The highest BCUT2D eigenvalue weighted by Gasteiger charge is 2.26. The van der Waals surface area contributed by atoms with Gasteiger partial charge in [0.15, 0.2) is 11.5 Å². The fourth-order valence-corrected chi connectivity index (χ4v) is 1.46. The lowest BCUT2D eigenvalue weighted by molar-refractivity contribution is -0.124. The Morgan fingerprint density at radius 3 is 2.26 bits per heavy atom. The van der Waals surface area contributed by atoms with Crippen LogP contribution in [0.2, 0.25) is 0 Å². The number of hydrogen-bond donors (Lipinski definition) is 2. The molecule has 0 saturated carbocycles. The van der Waals surface area contributed by atoms with Crippen LogP contribution in [0.15, 0.2) is 12.1 Å². The van der Waals surface area contributed by atoms with Crippen LogP contribution in [0.4, 0.5) is 11.4 Å². The number of hydrogen-bond acceptors (Lipinski definition) is 4. The zero-order valence-electron chi connectivity index (χ0n) is 12.2. The molecule has 0 aromatic heterocycles. The van der Waals surface area contributed by atoms with Gasteiger partial charge in [0.1, 0.15) is 0 Å². The minimum Gasteiger partial charge on any atom is -0.493 e. The predicted octanol–water partition coefficient (Wildman–Crippen LogP) is 2.66. The van der Waals surface area contributed by atoms with Crippen LogP contribution in [0.25, 0.3) is 0 Å². The molecule has 0 spiro atoms. The van der Waals surface area contributed by atoms with Crippen molar-refractivity contribution in [1.29, 1.82) is 0 Å². The molecule has 1 rings (SSSR count). The van der Waals surface area contributed by atoms with Crippen molar-refractivity contribution in [3.63, 3.8) is 0 Å². The van der Waals surface area contributed by atoms with Gasteiger partial charge in [0, 0.05) is 17.5 Å². The molecule has 19 heavy (non-hydrogen) atoms. The van der Waals surface area contributed by atoms with Gasteiger partial charge in [0.2, 0.25) is 5.91 Å². The molecule has 0 unspecified atom stereocenters. The van der Waals surface area contributed by atoms with E-state index in [-0.39, 0.29) is 5.91 Å². The van der Waals surface area contributed by atoms with Crippen molar-refractivity contribution < 1.29 is 14.3 Å². The van der Waals surface area contributed by atoms with E-state index in [2.05, 4.69) is 5.32 Å². The second-order valence-electron chi connectivity index (χ2n) is 4.99. The number of methoxy groups -OCH3 is 2. The normalized spacial score (nSPS) is 11.0. The molecule has 0 aliphatic carbocycles. The van der Waals surface area contributed by atoms with Gasteiger partial charge in [-0.05, 0) is 6.42 Å². The number of benzene rings is 1. The quantitative estimate of drug-likeness (QED) is 0.803. The van der Waals surface area contributed by atoms with Crippen LogP contribution in [0, 0.1) is 5.41 Å². The fraction of sp³-hybridized carbons (Fsp3) is 0.500. The number of nitrogens with one attached hydrogen (secondary N) is 1. The molecule has 0 radical (unpaired) electrons. The molecule has 0 heterocycles. The summed E-state index contributed by atoms with van der Waals surface area (Å²) in [6.45, 7) is 5.75. The number of ether oxygens (including phenoxy) is 2. The van der Waals surface area contributed by atoms with Crippen molar-refractivity contribution in [1.82, 2.24) is 0 Å². The maximum absolute atomic E-state index is 12.1. The Labute approximate surface area is 114 Å². The van der Waals surface area contributed by atoms with Crippen molar-refractivity contribution >= 4 is 17.3 Å². The summed E-state index contributed by atoms with van der Waals surface area (Å²) in [5.41, 5.74) is 6.43. The molecule has 1 amide bonds. The average molecular weight is 266 g/mol. The zero-order valence-corrected chi connectivity index (χ0v) is 12.2. The fourth-order valence-electron chi connectivity index (χ4n) is 1.46. The van der Waals surface area contributed by atoms with Gasteiger partial charge in [-0.3, -0.25) is 4.79 Å². The van der Waals surface area contributed by atoms with Gasteiger partial charge in [0.05, 0.1) is 25.6 Å². The van der Waals surface area contributed by atoms with E-state index in [1.807, 2.05) is 20.8 Å². The molecule has 3 N–H and O–H groups in total. The van der Waals surface area contributed by atoms with Crippen molar-refractivity contribution in [3.8, 4) is 11.5 Å². The third kappa shape index (κ3) is 3.30. The van der Waals surface area contributed by atoms with Gasteiger partial charge in [-0.2, -0.15) is 0 Å². The smallest absolute Gasteiger partial charge is 0.230 e. The lowest BCUT2D eigenvalue weighted by Crippen LogP contribution is -2.30. The summed E-state index contributed by atoms with van der Waals surface area (Å²) in [5, 5.41) is 2.83. The topological polar surface area (TPSA) is 73.6 Å². The predicted molar refractivity (Wildman–Crippen MR) is 76.7 cm³/mol. The van der Waals surface area contributed by atoms with Crippen LogP contribution in [0.5, 0.6) is 11.5 Å². The minimum absolute atomic E-state index is 0.0751. The Morgan fingerprint density at radius 1 is 1.26 bits per heavy atom. The summed E-state index contributed by atoms with van der Waals surface area (Å²) in [6.07, 6.45) is 0.742. The number of nitrogens with two attached hydrogens (primary N) is 1. The number of rotatable bonds is 5. The van der Waals surface area contributed by atoms with Crippen LogP contribution in [-0.2, 0) is 4.79 Å². The maximum atomic E-state index is 12.1. The molecule has 5 heteroatoms. The average Bonchev–Trinajstić information content (AvgIpc) is 2.40. The van der Waals surface area contributed by atoms with E-state index in [0.717, 1.165) is 6.42 Å². The van der Waals surface area contributed by atoms with Crippen LogP contribution in [-0.4, -0.2) is 20.1 Å².